The highest BCUT2D eigenvalue weighted by molar-refractivity contribution is 6.30. The number of hydrogen-bond acceptors (Lipinski definition) is 3. The van der Waals surface area contributed by atoms with Crippen molar-refractivity contribution in [3.05, 3.63) is 10.8 Å². The molecule has 0 bridgehead atoms. The molecule has 1 atom stereocenters. The van der Waals surface area contributed by atoms with Gasteiger partial charge < -0.3 is 11.1 Å². The standard InChI is InChI=1S/C7H11ClN4/c1-4-6(8)12-3-5(9)2-10-7(12)11-4/h5H,2-3,9H2,1H3,(H,10,11). The smallest absolute Gasteiger partial charge is 0.204 e. The summed E-state index contributed by atoms with van der Waals surface area (Å²) >= 11 is 6.00. The molecule has 0 aromatic carbocycles. The number of nitrogens with two attached hydrogens (primary N) is 1. The molecule has 2 rings (SSSR count). The zero-order chi connectivity index (χ0) is 8.72. The molecule has 1 aliphatic heterocycles. The van der Waals surface area contributed by atoms with Crippen molar-refractivity contribution in [1.82, 2.24) is 9.55 Å². The largest absolute Gasteiger partial charge is 0.354 e. The van der Waals surface area contributed by atoms with Gasteiger partial charge in [-0.05, 0) is 6.92 Å². The fourth-order valence-corrected chi connectivity index (χ4v) is 1.57. The van der Waals surface area contributed by atoms with Crippen LogP contribution in [-0.2, 0) is 6.54 Å². The SMILES string of the molecule is Cc1nc2n(c1Cl)CC(N)CN2. The van der Waals surface area contributed by atoms with Gasteiger partial charge in [0, 0.05) is 19.1 Å². The van der Waals surface area contributed by atoms with Gasteiger partial charge in [0.15, 0.2) is 0 Å². The summed E-state index contributed by atoms with van der Waals surface area (Å²) in [4.78, 5) is 4.25. The summed E-state index contributed by atoms with van der Waals surface area (Å²) in [7, 11) is 0. The molecule has 12 heavy (non-hydrogen) atoms. The molecule has 3 N–H and O–H groups in total. The third-order valence-corrected chi connectivity index (χ3v) is 2.48. The Labute approximate surface area is 75.7 Å². The van der Waals surface area contributed by atoms with Crippen LogP contribution < -0.4 is 11.1 Å². The van der Waals surface area contributed by atoms with Crippen molar-refractivity contribution in [2.75, 3.05) is 11.9 Å². The molecule has 0 saturated heterocycles. The fraction of sp³-hybridized carbons (Fsp3) is 0.571. The molecule has 1 aromatic heterocycles. The van der Waals surface area contributed by atoms with E-state index in [9.17, 15) is 0 Å². The van der Waals surface area contributed by atoms with Crippen molar-refractivity contribution in [3.63, 3.8) is 0 Å². The normalized spacial score (nSPS) is 21.8. The number of hydrogen-bond donors (Lipinski definition) is 2. The Bertz CT molecular complexity index is 307. The maximum Gasteiger partial charge on any atom is 0.204 e. The highest BCUT2D eigenvalue weighted by Gasteiger charge is 2.19. The maximum atomic E-state index is 6.00. The average molecular weight is 187 g/mol. The second kappa shape index (κ2) is 2.64. The van der Waals surface area contributed by atoms with Gasteiger partial charge >= 0.3 is 0 Å². The molecule has 1 aliphatic rings. The number of halogens is 1. The Hall–Kier alpha value is -0.740. The van der Waals surface area contributed by atoms with E-state index in [2.05, 4.69) is 10.3 Å². The molecular formula is C7H11ClN4. The Balaban J connectivity index is 2.44. The van der Waals surface area contributed by atoms with Gasteiger partial charge in [-0.2, -0.15) is 0 Å². The van der Waals surface area contributed by atoms with Crippen LogP contribution in [0.4, 0.5) is 5.95 Å². The number of nitrogens with one attached hydrogen (secondary N) is 1. The van der Waals surface area contributed by atoms with Crippen LogP contribution >= 0.6 is 11.6 Å². The van der Waals surface area contributed by atoms with E-state index in [4.69, 9.17) is 17.3 Å². The van der Waals surface area contributed by atoms with Crippen LogP contribution in [0.15, 0.2) is 0 Å². The summed E-state index contributed by atoms with van der Waals surface area (Å²) in [5.41, 5.74) is 6.61. The first-order valence-corrected chi connectivity index (χ1v) is 4.28. The average Bonchev–Trinajstić information content (AvgIpc) is 2.31. The van der Waals surface area contributed by atoms with E-state index in [1.165, 1.54) is 0 Å². The van der Waals surface area contributed by atoms with E-state index in [0.717, 1.165) is 24.7 Å². The van der Waals surface area contributed by atoms with Crippen LogP contribution in [0.5, 0.6) is 0 Å². The van der Waals surface area contributed by atoms with Crippen LogP contribution in [0.3, 0.4) is 0 Å². The summed E-state index contributed by atoms with van der Waals surface area (Å²) < 4.78 is 1.91. The predicted octanol–water partition coefficient (Wildman–Crippen LogP) is 0.598. The molecule has 4 nitrogen and oxygen atoms in total. The molecule has 66 valence electrons. The van der Waals surface area contributed by atoms with Crippen molar-refractivity contribution in [2.24, 2.45) is 5.73 Å². The van der Waals surface area contributed by atoms with E-state index in [0.29, 0.717) is 5.15 Å². The van der Waals surface area contributed by atoms with Crippen molar-refractivity contribution in [2.45, 2.75) is 19.5 Å². The van der Waals surface area contributed by atoms with E-state index in [1.54, 1.807) is 0 Å². The lowest BCUT2D eigenvalue weighted by atomic mass is 10.3. The predicted molar refractivity (Wildman–Crippen MR) is 48.4 cm³/mol. The molecule has 5 heteroatoms. The monoisotopic (exact) mass is 186 g/mol. The molecular weight excluding hydrogens is 176 g/mol. The summed E-state index contributed by atoms with van der Waals surface area (Å²) in [5.74, 6) is 0.833. The third kappa shape index (κ3) is 1.07. The first-order chi connectivity index (χ1) is 5.68. The Morgan fingerprint density at radius 2 is 2.50 bits per heavy atom. The van der Waals surface area contributed by atoms with Crippen LogP contribution in [-0.4, -0.2) is 22.1 Å². The number of anilines is 1. The molecule has 0 aliphatic carbocycles. The number of fused-ring (bicyclic) bond motifs is 1. The number of aryl methyl sites for hydroxylation is 1. The summed E-state index contributed by atoms with van der Waals surface area (Å²) in [6.07, 6.45) is 0. The van der Waals surface area contributed by atoms with Gasteiger partial charge in [0.1, 0.15) is 5.15 Å². The van der Waals surface area contributed by atoms with Crippen LogP contribution in [0.2, 0.25) is 5.15 Å². The zero-order valence-corrected chi connectivity index (χ0v) is 7.60. The lowest BCUT2D eigenvalue weighted by Crippen LogP contribution is -2.38. The number of nitrogens with zero attached hydrogens (tertiary/aromatic N) is 2. The van der Waals surface area contributed by atoms with Gasteiger partial charge in [-0.1, -0.05) is 11.6 Å². The van der Waals surface area contributed by atoms with E-state index in [1.807, 2.05) is 11.5 Å². The quantitative estimate of drug-likeness (QED) is 0.624. The molecule has 0 spiro atoms. The van der Waals surface area contributed by atoms with Gasteiger partial charge in [0.25, 0.3) is 0 Å². The Kier molecular flexibility index (Phi) is 1.73. The van der Waals surface area contributed by atoms with Gasteiger partial charge in [-0.3, -0.25) is 4.57 Å². The molecule has 1 aromatic rings. The first-order valence-electron chi connectivity index (χ1n) is 3.90. The van der Waals surface area contributed by atoms with Crippen molar-refractivity contribution in [1.29, 1.82) is 0 Å². The van der Waals surface area contributed by atoms with Crippen LogP contribution in [0, 0.1) is 6.92 Å². The van der Waals surface area contributed by atoms with Crippen LogP contribution in [0.1, 0.15) is 5.69 Å². The van der Waals surface area contributed by atoms with Crippen molar-refractivity contribution < 1.29 is 0 Å². The molecule has 2 heterocycles. The highest BCUT2D eigenvalue weighted by Crippen LogP contribution is 2.22. The van der Waals surface area contributed by atoms with Gasteiger partial charge in [0.2, 0.25) is 5.95 Å². The van der Waals surface area contributed by atoms with Gasteiger partial charge in [-0.25, -0.2) is 4.98 Å². The number of aromatic nitrogens is 2. The minimum atomic E-state index is 0.128. The maximum absolute atomic E-state index is 6.00. The lowest BCUT2D eigenvalue weighted by Gasteiger charge is -2.21. The minimum Gasteiger partial charge on any atom is -0.354 e. The molecule has 0 amide bonds. The molecule has 0 saturated carbocycles. The second-order valence-corrected chi connectivity index (χ2v) is 3.42. The Morgan fingerprint density at radius 3 is 3.25 bits per heavy atom. The second-order valence-electron chi connectivity index (χ2n) is 3.06. The summed E-state index contributed by atoms with van der Waals surface area (Å²) in [6, 6.07) is 0.128. The van der Waals surface area contributed by atoms with Crippen molar-refractivity contribution >= 4 is 17.5 Å². The van der Waals surface area contributed by atoms with E-state index in [-0.39, 0.29) is 6.04 Å². The first kappa shape index (κ1) is 7.89. The van der Waals surface area contributed by atoms with E-state index >= 15 is 0 Å². The number of rotatable bonds is 0. The number of imidazole rings is 1. The highest BCUT2D eigenvalue weighted by atomic mass is 35.5. The fourth-order valence-electron chi connectivity index (χ4n) is 1.38. The minimum absolute atomic E-state index is 0.128. The third-order valence-electron chi connectivity index (χ3n) is 2.00. The zero-order valence-electron chi connectivity index (χ0n) is 6.84. The van der Waals surface area contributed by atoms with Gasteiger partial charge in [-0.15, -0.1) is 0 Å². The Morgan fingerprint density at radius 1 is 1.75 bits per heavy atom. The molecule has 0 radical (unpaired) electrons. The summed E-state index contributed by atoms with van der Waals surface area (Å²) in [5, 5.41) is 3.80. The topological polar surface area (TPSA) is 55.9 Å². The molecule has 1 unspecified atom stereocenters. The molecule has 0 fully saturated rings. The lowest BCUT2D eigenvalue weighted by molar-refractivity contribution is 0.543. The van der Waals surface area contributed by atoms with Gasteiger partial charge in [0.05, 0.1) is 5.69 Å². The van der Waals surface area contributed by atoms with Crippen molar-refractivity contribution in [3.8, 4) is 0 Å². The van der Waals surface area contributed by atoms with E-state index < -0.39 is 0 Å². The summed E-state index contributed by atoms with van der Waals surface area (Å²) in [6.45, 7) is 3.41. The van der Waals surface area contributed by atoms with Crippen LogP contribution in [0.25, 0.3) is 0 Å².